The number of methoxy groups -OCH3 is 2. The second kappa shape index (κ2) is 18.6. The van der Waals surface area contributed by atoms with Crippen LogP contribution < -0.4 is 14.8 Å². The molecule has 1 N–H and O–H groups in total. The molecule has 0 aliphatic heterocycles. The summed E-state index contributed by atoms with van der Waals surface area (Å²) in [5.74, 6) is 1.79. The fourth-order valence-corrected chi connectivity index (χ4v) is 6.44. The van der Waals surface area contributed by atoms with Gasteiger partial charge >= 0.3 is 0 Å². The van der Waals surface area contributed by atoms with Crippen molar-refractivity contribution < 1.29 is 9.47 Å². The van der Waals surface area contributed by atoms with Gasteiger partial charge < -0.3 is 19.7 Å². The Kier molecular flexibility index (Phi) is 14.3. The van der Waals surface area contributed by atoms with Crippen LogP contribution in [0.3, 0.4) is 0 Å². The van der Waals surface area contributed by atoms with E-state index in [9.17, 15) is 0 Å². The van der Waals surface area contributed by atoms with Crippen molar-refractivity contribution in [2.75, 3.05) is 54.3 Å². The highest BCUT2D eigenvalue weighted by Gasteiger charge is 2.18. The molecule has 0 bridgehead atoms. The van der Waals surface area contributed by atoms with Crippen molar-refractivity contribution in [3.63, 3.8) is 0 Å². The smallest absolute Gasteiger partial charge is 0.119 e. The fraction of sp³-hybridized carbons (Fsp3) is 0.273. The van der Waals surface area contributed by atoms with E-state index in [0.717, 1.165) is 36.2 Å². The van der Waals surface area contributed by atoms with Crippen molar-refractivity contribution in [3.05, 3.63) is 141 Å². The number of alkyl halides is 1. The van der Waals surface area contributed by atoms with Gasteiger partial charge in [-0.2, -0.15) is 0 Å². The van der Waals surface area contributed by atoms with E-state index >= 15 is 0 Å². The maximum Gasteiger partial charge on any atom is 0.119 e. The Labute approximate surface area is 303 Å². The van der Waals surface area contributed by atoms with Crippen LogP contribution in [-0.2, 0) is 0 Å². The van der Waals surface area contributed by atoms with E-state index in [4.69, 9.17) is 9.47 Å². The van der Waals surface area contributed by atoms with Crippen molar-refractivity contribution in [1.82, 2.24) is 10.2 Å². The largest absolute Gasteiger partial charge is 0.497 e. The number of hydrogen-bond acceptors (Lipinski definition) is 4. The minimum atomic E-state index is 0.894. The van der Waals surface area contributed by atoms with Crippen molar-refractivity contribution in [1.29, 1.82) is 0 Å². The number of aryl methyl sites for hydroxylation is 2. The molecule has 4 aromatic carbocycles. The molecule has 0 heterocycles. The molecule has 4 aromatic rings. The van der Waals surface area contributed by atoms with Gasteiger partial charge in [-0.15, -0.1) is 0 Å². The first-order valence-electron chi connectivity index (χ1n) is 16.9. The first-order valence-corrected chi connectivity index (χ1v) is 18.0. The van der Waals surface area contributed by atoms with Crippen molar-refractivity contribution in [3.8, 4) is 11.5 Å². The monoisotopic (exact) mass is 718 g/mol. The van der Waals surface area contributed by atoms with Gasteiger partial charge in [0, 0.05) is 11.9 Å². The molecule has 0 radical (unpaired) electrons. The summed E-state index contributed by atoms with van der Waals surface area (Å²) in [5, 5.41) is 3.72. The van der Waals surface area contributed by atoms with E-state index in [-0.39, 0.29) is 0 Å². The standard InChI is InChI=1S/C22H25NO.C20H19BrO.C2H7N/c1-16-7-5-8-17-10-11-18-15-19(24-4)12-13-20(18)21(22(16)17)9-6-14-23(2)3;1-14-5-3-6-15-8-9-16-13-17(22-2)10-11-18(16)19(20(14)15)7-4-12-21;1-3-2/h5,7-13,15H,6,14H2,1-4H3;3,5-11,13H,4,12H2,1-2H3;3H,1-2H3/b21-9+;19-7+;. The number of rotatable bonds is 7. The molecule has 5 heteroatoms. The summed E-state index contributed by atoms with van der Waals surface area (Å²) in [6.07, 6.45) is 15.6. The third-order valence-electron chi connectivity index (χ3n) is 8.51. The zero-order valence-corrected chi connectivity index (χ0v) is 31.9. The van der Waals surface area contributed by atoms with Gasteiger partial charge in [0.15, 0.2) is 0 Å². The minimum absolute atomic E-state index is 0.894. The fourth-order valence-electron chi connectivity index (χ4n) is 6.21. The third kappa shape index (κ3) is 9.51. The van der Waals surface area contributed by atoms with Crippen LogP contribution in [0.5, 0.6) is 11.5 Å². The quantitative estimate of drug-likeness (QED) is 0.167. The number of nitrogens with one attached hydrogen (secondary N) is 1. The van der Waals surface area contributed by atoms with Crippen LogP contribution >= 0.6 is 15.9 Å². The minimum Gasteiger partial charge on any atom is -0.497 e. The topological polar surface area (TPSA) is 33.7 Å². The molecule has 0 fully saturated rings. The highest BCUT2D eigenvalue weighted by atomic mass is 79.9. The van der Waals surface area contributed by atoms with Crippen LogP contribution in [0.25, 0.3) is 35.5 Å². The van der Waals surface area contributed by atoms with E-state index in [1.54, 1.807) is 14.2 Å². The molecule has 4 nitrogen and oxygen atoms in total. The zero-order valence-electron chi connectivity index (χ0n) is 30.4. The molecule has 0 aromatic heterocycles. The molecule has 0 saturated heterocycles. The Morgan fingerprint density at radius 3 is 1.47 bits per heavy atom. The number of halogens is 1. The van der Waals surface area contributed by atoms with Gasteiger partial charge in [0.05, 0.1) is 14.2 Å². The van der Waals surface area contributed by atoms with E-state index in [0.29, 0.717) is 0 Å². The lowest BCUT2D eigenvalue weighted by Crippen LogP contribution is -2.12. The summed E-state index contributed by atoms with van der Waals surface area (Å²) in [6, 6.07) is 25.7. The SMILES string of the molecule is CNC.COc1ccc2c(c1)C=Cc1cccc(C)c1/C2=C/CCBr.COc1ccc2c(c1)C=Cc1cccc(C)c1/C2=C/CCN(C)C. The van der Waals surface area contributed by atoms with Crippen LogP contribution in [0.2, 0.25) is 0 Å². The predicted molar refractivity (Wildman–Crippen MR) is 217 cm³/mol. The molecular formula is C44H51BrN2O2. The van der Waals surface area contributed by atoms with Gasteiger partial charge in [0.25, 0.3) is 0 Å². The lowest BCUT2D eigenvalue weighted by Gasteiger charge is -2.16. The number of ether oxygens (including phenoxy) is 2. The predicted octanol–water partition coefficient (Wildman–Crippen LogP) is 10.4. The first kappa shape index (κ1) is 37.7. The lowest BCUT2D eigenvalue weighted by atomic mass is 9.89. The molecule has 256 valence electrons. The average molecular weight is 720 g/mol. The van der Waals surface area contributed by atoms with Crippen LogP contribution in [0, 0.1) is 13.8 Å². The molecule has 2 aliphatic carbocycles. The van der Waals surface area contributed by atoms with Crippen LogP contribution in [0.4, 0.5) is 0 Å². The average Bonchev–Trinajstić information content (AvgIpc) is 3.36. The number of nitrogens with zero attached hydrogens (tertiary/aromatic N) is 1. The summed E-state index contributed by atoms with van der Waals surface area (Å²) in [4.78, 5) is 2.22. The number of hydrogen-bond donors (Lipinski definition) is 1. The summed E-state index contributed by atoms with van der Waals surface area (Å²) in [6.45, 7) is 5.42. The van der Waals surface area contributed by atoms with Gasteiger partial charge in [-0.25, -0.2) is 0 Å². The molecule has 2 aliphatic rings. The highest BCUT2D eigenvalue weighted by Crippen LogP contribution is 2.39. The van der Waals surface area contributed by atoms with E-state index in [1.807, 2.05) is 20.2 Å². The van der Waals surface area contributed by atoms with E-state index in [2.05, 4.69) is 157 Å². The third-order valence-corrected chi connectivity index (χ3v) is 8.97. The summed E-state index contributed by atoms with van der Waals surface area (Å²) < 4.78 is 10.8. The summed E-state index contributed by atoms with van der Waals surface area (Å²) in [5.41, 5.74) is 15.5. The van der Waals surface area contributed by atoms with Gasteiger partial charge in [-0.3, -0.25) is 0 Å². The zero-order chi connectivity index (χ0) is 35.3. The Morgan fingerprint density at radius 2 is 1.06 bits per heavy atom. The molecule has 0 amide bonds. The van der Waals surface area contributed by atoms with Crippen LogP contribution in [0.15, 0.2) is 84.9 Å². The maximum atomic E-state index is 5.41. The number of allylic oxidation sites excluding steroid dienone is 1. The molecule has 0 spiro atoms. The molecule has 49 heavy (non-hydrogen) atoms. The number of benzene rings is 4. The summed E-state index contributed by atoms with van der Waals surface area (Å²) >= 11 is 3.54. The van der Waals surface area contributed by atoms with Gasteiger partial charge in [0.2, 0.25) is 0 Å². The van der Waals surface area contributed by atoms with Crippen molar-refractivity contribution in [2.45, 2.75) is 26.7 Å². The van der Waals surface area contributed by atoms with Gasteiger partial charge in [-0.05, 0) is 146 Å². The number of fused-ring (bicyclic) bond motifs is 4. The van der Waals surface area contributed by atoms with E-state index in [1.165, 1.54) is 66.8 Å². The second-order valence-electron chi connectivity index (χ2n) is 12.5. The van der Waals surface area contributed by atoms with Crippen LogP contribution in [-0.4, -0.2) is 59.2 Å². The van der Waals surface area contributed by atoms with E-state index < -0.39 is 0 Å². The van der Waals surface area contributed by atoms with Crippen LogP contribution in [0.1, 0.15) is 68.5 Å². The maximum absolute atomic E-state index is 5.41. The normalized spacial score (nSPS) is 13.9. The molecule has 0 unspecified atom stereocenters. The second-order valence-corrected chi connectivity index (χ2v) is 13.2. The Balaban J connectivity index is 0.000000205. The molecular weight excluding hydrogens is 668 g/mol. The molecule has 0 saturated carbocycles. The van der Waals surface area contributed by atoms with Crippen molar-refractivity contribution in [2.24, 2.45) is 0 Å². The molecule has 0 atom stereocenters. The molecule has 6 rings (SSSR count). The lowest BCUT2D eigenvalue weighted by molar-refractivity contribution is 0.414. The van der Waals surface area contributed by atoms with Gasteiger partial charge in [0.1, 0.15) is 11.5 Å². The Morgan fingerprint density at radius 1 is 0.633 bits per heavy atom. The highest BCUT2D eigenvalue weighted by molar-refractivity contribution is 9.09. The van der Waals surface area contributed by atoms with Gasteiger partial charge in [-0.1, -0.05) is 101 Å². The first-order chi connectivity index (χ1) is 23.8. The Hall–Kier alpha value is -4.16. The van der Waals surface area contributed by atoms with Crippen molar-refractivity contribution >= 4 is 51.4 Å². The summed E-state index contributed by atoms with van der Waals surface area (Å²) in [7, 11) is 11.4. The Bertz CT molecular complexity index is 1850.